The van der Waals surface area contributed by atoms with Crippen molar-refractivity contribution in [2.45, 2.75) is 31.7 Å². The summed E-state index contributed by atoms with van der Waals surface area (Å²) in [6, 6.07) is 0.0987. The molecule has 2 fully saturated rings. The van der Waals surface area contributed by atoms with Crippen molar-refractivity contribution in [1.82, 2.24) is 5.32 Å². The highest BCUT2D eigenvalue weighted by molar-refractivity contribution is 5.80. The summed E-state index contributed by atoms with van der Waals surface area (Å²) in [6.45, 7) is 1.32. The van der Waals surface area contributed by atoms with Crippen LogP contribution in [-0.2, 0) is 4.79 Å². The van der Waals surface area contributed by atoms with E-state index in [2.05, 4.69) is 5.32 Å². The van der Waals surface area contributed by atoms with E-state index >= 15 is 0 Å². The Hall–Kier alpha value is -0.610. The van der Waals surface area contributed by atoms with Gasteiger partial charge in [-0.3, -0.25) is 4.79 Å². The number of hydrogen-bond donors (Lipinski definition) is 3. The first-order valence-electron chi connectivity index (χ1n) is 5.97. The molecule has 5 N–H and O–H groups in total. The molecule has 15 heavy (non-hydrogen) atoms. The molecule has 2 rings (SSSR count). The number of fused-ring (bicyclic) bond motifs is 2. The van der Waals surface area contributed by atoms with Gasteiger partial charge in [0.25, 0.3) is 0 Å². The molecule has 4 unspecified atom stereocenters. The van der Waals surface area contributed by atoms with Crippen molar-refractivity contribution in [3.63, 3.8) is 0 Å². The van der Waals surface area contributed by atoms with Crippen LogP contribution >= 0.6 is 0 Å². The van der Waals surface area contributed by atoms with Crippen LogP contribution in [0.15, 0.2) is 0 Å². The third kappa shape index (κ3) is 2.01. The van der Waals surface area contributed by atoms with Gasteiger partial charge in [-0.05, 0) is 44.1 Å². The molecule has 4 heteroatoms. The summed E-state index contributed by atoms with van der Waals surface area (Å²) >= 11 is 0. The van der Waals surface area contributed by atoms with E-state index in [-0.39, 0.29) is 17.9 Å². The second-order valence-electron chi connectivity index (χ2n) is 4.87. The first-order valence-corrected chi connectivity index (χ1v) is 5.97. The molecule has 0 heterocycles. The SMILES string of the molecule is NCCCNC(=O)C1C2CCC(C2)C1N. The zero-order valence-corrected chi connectivity index (χ0v) is 9.11. The summed E-state index contributed by atoms with van der Waals surface area (Å²) in [5.41, 5.74) is 11.5. The van der Waals surface area contributed by atoms with Gasteiger partial charge in [-0.25, -0.2) is 0 Å². The maximum atomic E-state index is 11.9. The average molecular weight is 211 g/mol. The van der Waals surface area contributed by atoms with Crippen molar-refractivity contribution >= 4 is 5.91 Å². The predicted octanol–water partition coefficient (Wildman–Crippen LogP) is -0.175. The van der Waals surface area contributed by atoms with Gasteiger partial charge in [0.15, 0.2) is 0 Å². The molecule has 0 aliphatic heterocycles. The fourth-order valence-corrected chi connectivity index (χ4v) is 3.16. The molecule has 0 radical (unpaired) electrons. The summed E-state index contributed by atoms with van der Waals surface area (Å²) in [5, 5.41) is 2.94. The first kappa shape index (κ1) is 10.9. The number of rotatable bonds is 4. The van der Waals surface area contributed by atoms with E-state index in [4.69, 9.17) is 11.5 Å². The van der Waals surface area contributed by atoms with Gasteiger partial charge in [-0.1, -0.05) is 0 Å². The van der Waals surface area contributed by atoms with Crippen LogP contribution in [-0.4, -0.2) is 25.0 Å². The average Bonchev–Trinajstić information content (AvgIpc) is 2.78. The molecule has 2 saturated carbocycles. The highest BCUT2D eigenvalue weighted by Gasteiger charge is 2.48. The number of hydrogen-bond acceptors (Lipinski definition) is 3. The lowest BCUT2D eigenvalue weighted by Crippen LogP contribution is -2.45. The molecular weight excluding hydrogens is 190 g/mol. The minimum atomic E-state index is 0.0709. The van der Waals surface area contributed by atoms with Crippen LogP contribution in [0.25, 0.3) is 0 Å². The third-order valence-electron chi connectivity index (χ3n) is 3.96. The lowest BCUT2D eigenvalue weighted by Gasteiger charge is -2.26. The van der Waals surface area contributed by atoms with Crippen LogP contribution in [0.3, 0.4) is 0 Å². The normalized spacial score (nSPS) is 38.3. The smallest absolute Gasteiger partial charge is 0.224 e. The Kier molecular flexibility index (Phi) is 3.26. The van der Waals surface area contributed by atoms with Gasteiger partial charge in [-0.15, -0.1) is 0 Å². The summed E-state index contributed by atoms with van der Waals surface area (Å²) in [5.74, 6) is 1.37. The van der Waals surface area contributed by atoms with Crippen LogP contribution in [0.4, 0.5) is 0 Å². The summed E-state index contributed by atoms with van der Waals surface area (Å²) in [7, 11) is 0. The highest BCUT2D eigenvalue weighted by atomic mass is 16.1. The second-order valence-corrected chi connectivity index (χ2v) is 4.87. The molecule has 0 saturated heterocycles. The monoisotopic (exact) mass is 211 g/mol. The lowest BCUT2D eigenvalue weighted by molar-refractivity contribution is -0.127. The van der Waals surface area contributed by atoms with Gasteiger partial charge in [-0.2, -0.15) is 0 Å². The Bertz CT molecular complexity index is 242. The molecule has 0 spiro atoms. The van der Waals surface area contributed by atoms with Gasteiger partial charge in [0.05, 0.1) is 5.92 Å². The standard InChI is InChI=1S/C11H21N3O/c12-4-1-5-14-11(15)9-7-2-3-8(6-7)10(9)13/h7-10H,1-6,12-13H2,(H,14,15). The molecule has 0 aromatic rings. The highest BCUT2D eigenvalue weighted by Crippen LogP contribution is 2.47. The van der Waals surface area contributed by atoms with E-state index < -0.39 is 0 Å². The van der Waals surface area contributed by atoms with Crippen molar-refractivity contribution < 1.29 is 4.79 Å². The van der Waals surface area contributed by atoms with E-state index in [1.165, 1.54) is 12.8 Å². The molecule has 86 valence electrons. The van der Waals surface area contributed by atoms with E-state index in [9.17, 15) is 4.79 Å². The van der Waals surface area contributed by atoms with E-state index in [0.29, 0.717) is 24.9 Å². The van der Waals surface area contributed by atoms with E-state index in [0.717, 1.165) is 12.8 Å². The molecule has 0 aromatic heterocycles. The summed E-state index contributed by atoms with van der Waals surface area (Å²) < 4.78 is 0. The summed E-state index contributed by atoms with van der Waals surface area (Å²) in [6.07, 6.45) is 4.42. The fourth-order valence-electron chi connectivity index (χ4n) is 3.16. The van der Waals surface area contributed by atoms with Gasteiger partial charge >= 0.3 is 0 Å². The minimum Gasteiger partial charge on any atom is -0.356 e. The molecule has 0 aromatic carbocycles. The summed E-state index contributed by atoms with van der Waals surface area (Å²) in [4.78, 5) is 11.9. The van der Waals surface area contributed by atoms with Crippen LogP contribution in [0.2, 0.25) is 0 Å². The van der Waals surface area contributed by atoms with Crippen LogP contribution in [0, 0.1) is 17.8 Å². The van der Waals surface area contributed by atoms with Crippen molar-refractivity contribution in [2.24, 2.45) is 29.2 Å². The largest absolute Gasteiger partial charge is 0.356 e. The van der Waals surface area contributed by atoms with Crippen molar-refractivity contribution in [2.75, 3.05) is 13.1 Å². The van der Waals surface area contributed by atoms with Crippen molar-refractivity contribution in [1.29, 1.82) is 0 Å². The number of carbonyl (C=O) groups excluding carboxylic acids is 1. The number of carbonyl (C=O) groups is 1. The van der Waals surface area contributed by atoms with Crippen LogP contribution in [0.1, 0.15) is 25.7 Å². The number of nitrogens with one attached hydrogen (secondary N) is 1. The van der Waals surface area contributed by atoms with Crippen molar-refractivity contribution in [3.8, 4) is 0 Å². The topological polar surface area (TPSA) is 81.1 Å². The fraction of sp³-hybridized carbons (Fsp3) is 0.909. The third-order valence-corrected chi connectivity index (χ3v) is 3.96. The first-order chi connectivity index (χ1) is 7.24. The van der Waals surface area contributed by atoms with Crippen molar-refractivity contribution in [3.05, 3.63) is 0 Å². The molecular formula is C11H21N3O. The Morgan fingerprint density at radius 3 is 2.67 bits per heavy atom. The second kappa shape index (κ2) is 4.49. The minimum absolute atomic E-state index is 0.0709. The molecule has 2 aliphatic carbocycles. The van der Waals surface area contributed by atoms with Gasteiger partial charge in [0.2, 0.25) is 5.91 Å². The molecule has 4 nitrogen and oxygen atoms in total. The number of amides is 1. The quantitative estimate of drug-likeness (QED) is 0.564. The maximum absolute atomic E-state index is 11.9. The molecule has 1 amide bonds. The molecule has 2 bridgehead atoms. The van der Waals surface area contributed by atoms with E-state index in [1.807, 2.05) is 0 Å². The van der Waals surface area contributed by atoms with Gasteiger partial charge < -0.3 is 16.8 Å². The van der Waals surface area contributed by atoms with Crippen LogP contribution in [0.5, 0.6) is 0 Å². The predicted molar refractivity (Wildman–Crippen MR) is 59.0 cm³/mol. The van der Waals surface area contributed by atoms with E-state index in [1.54, 1.807) is 0 Å². The molecule has 2 aliphatic rings. The lowest BCUT2D eigenvalue weighted by atomic mass is 9.84. The van der Waals surface area contributed by atoms with Crippen LogP contribution < -0.4 is 16.8 Å². The maximum Gasteiger partial charge on any atom is 0.224 e. The Balaban J connectivity index is 1.85. The van der Waals surface area contributed by atoms with Gasteiger partial charge in [0.1, 0.15) is 0 Å². The Morgan fingerprint density at radius 1 is 1.33 bits per heavy atom. The number of nitrogens with two attached hydrogens (primary N) is 2. The van der Waals surface area contributed by atoms with Gasteiger partial charge in [0, 0.05) is 12.6 Å². The zero-order valence-electron chi connectivity index (χ0n) is 9.11. The zero-order chi connectivity index (χ0) is 10.8. The Morgan fingerprint density at radius 2 is 2.07 bits per heavy atom. The molecule has 4 atom stereocenters. The Labute approximate surface area is 90.8 Å².